The first-order chi connectivity index (χ1) is 8.70. The summed E-state index contributed by atoms with van der Waals surface area (Å²) in [6.45, 7) is 2.65. The van der Waals surface area contributed by atoms with Crippen molar-refractivity contribution >= 4 is 0 Å². The average molecular weight is 249 g/mol. The molecule has 0 spiro atoms. The maximum absolute atomic E-state index is 13.6. The lowest BCUT2D eigenvalue weighted by molar-refractivity contribution is 0.385. The van der Waals surface area contributed by atoms with Gasteiger partial charge in [0.25, 0.3) is 0 Å². The minimum atomic E-state index is -0.342. The molecule has 0 amide bonds. The maximum Gasteiger partial charge on any atom is 0.165 e. The smallest absolute Gasteiger partial charge is 0.165 e. The molecule has 1 aromatic heterocycles. The van der Waals surface area contributed by atoms with E-state index >= 15 is 0 Å². The molecule has 1 unspecified atom stereocenters. The monoisotopic (exact) mass is 249 g/mol. The van der Waals surface area contributed by atoms with E-state index < -0.39 is 0 Å². The minimum absolute atomic E-state index is 0.0497. The van der Waals surface area contributed by atoms with Gasteiger partial charge in [-0.05, 0) is 24.6 Å². The number of rotatable bonds is 5. The summed E-state index contributed by atoms with van der Waals surface area (Å²) in [4.78, 5) is 6.94. The molecule has 2 N–H and O–H groups in total. The molecule has 0 bridgehead atoms. The van der Waals surface area contributed by atoms with E-state index in [0.717, 1.165) is 11.3 Å². The van der Waals surface area contributed by atoms with Crippen molar-refractivity contribution in [2.24, 2.45) is 0 Å². The second-order valence-corrected chi connectivity index (χ2v) is 4.07. The van der Waals surface area contributed by atoms with Gasteiger partial charge in [-0.25, -0.2) is 9.37 Å². The van der Waals surface area contributed by atoms with Gasteiger partial charge in [0.2, 0.25) is 0 Å². The van der Waals surface area contributed by atoms with Crippen molar-refractivity contribution in [3.63, 3.8) is 0 Å². The maximum atomic E-state index is 13.6. The molecule has 5 heteroatoms. The third kappa shape index (κ3) is 2.87. The Labute approximate surface area is 105 Å². The molecule has 1 atom stereocenters. The molecular formula is C13H16FN3O. The normalized spacial score (nSPS) is 12.4. The van der Waals surface area contributed by atoms with Crippen molar-refractivity contribution in [1.29, 1.82) is 0 Å². The van der Waals surface area contributed by atoms with Gasteiger partial charge in [0.05, 0.1) is 13.4 Å². The van der Waals surface area contributed by atoms with Gasteiger partial charge in [-0.1, -0.05) is 6.07 Å². The van der Waals surface area contributed by atoms with Crippen LogP contribution in [0.3, 0.4) is 0 Å². The SMILES string of the molecule is COc1ccc(C(C)NCc2cnc[nH]2)cc1F. The fourth-order valence-corrected chi connectivity index (χ4v) is 1.71. The quantitative estimate of drug-likeness (QED) is 0.855. The van der Waals surface area contributed by atoms with E-state index in [9.17, 15) is 4.39 Å². The number of aromatic amines is 1. The van der Waals surface area contributed by atoms with Crippen LogP contribution in [0.1, 0.15) is 24.2 Å². The van der Waals surface area contributed by atoms with Crippen LogP contribution in [-0.4, -0.2) is 17.1 Å². The van der Waals surface area contributed by atoms with E-state index in [1.54, 1.807) is 18.6 Å². The number of aromatic nitrogens is 2. The molecule has 4 nitrogen and oxygen atoms in total. The predicted octanol–water partition coefficient (Wildman–Crippen LogP) is 2.41. The molecule has 2 aromatic rings. The van der Waals surface area contributed by atoms with E-state index in [-0.39, 0.29) is 17.6 Å². The lowest BCUT2D eigenvalue weighted by atomic mass is 10.1. The Bertz CT molecular complexity index is 499. The lowest BCUT2D eigenvalue weighted by Gasteiger charge is -2.14. The summed E-state index contributed by atoms with van der Waals surface area (Å²) in [5.41, 5.74) is 1.88. The Balaban J connectivity index is 2.00. The van der Waals surface area contributed by atoms with Crippen LogP contribution in [0, 0.1) is 5.82 Å². The first kappa shape index (κ1) is 12.6. The number of hydrogen-bond acceptors (Lipinski definition) is 3. The van der Waals surface area contributed by atoms with Crippen LogP contribution in [0.25, 0.3) is 0 Å². The molecule has 0 saturated carbocycles. The highest BCUT2D eigenvalue weighted by Gasteiger charge is 2.09. The number of halogens is 1. The lowest BCUT2D eigenvalue weighted by Crippen LogP contribution is -2.18. The summed E-state index contributed by atoms with van der Waals surface area (Å²) >= 11 is 0. The number of hydrogen-bond donors (Lipinski definition) is 2. The first-order valence-electron chi connectivity index (χ1n) is 5.74. The Hall–Kier alpha value is -1.88. The molecule has 2 rings (SSSR count). The van der Waals surface area contributed by atoms with E-state index in [0.29, 0.717) is 6.54 Å². The van der Waals surface area contributed by atoms with Gasteiger partial charge in [0.1, 0.15) is 0 Å². The highest BCUT2D eigenvalue weighted by atomic mass is 19.1. The number of imidazole rings is 1. The van der Waals surface area contributed by atoms with Crippen molar-refractivity contribution in [2.45, 2.75) is 19.5 Å². The van der Waals surface area contributed by atoms with Gasteiger partial charge in [-0.2, -0.15) is 0 Å². The third-order valence-electron chi connectivity index (χ3n) is 2.83. The largest absolute Gasteiger partial charge is 0.494 e. The number of nitrogens with zero attached hydrogens (tertiary/aromatic N) is 1. The van der Waals surface area contributed by atoms with Gasteiger partial charge in [0, 0.05) is 24.5 Å². The van der Waals surface area contributed by atoms with Gasteiger partial charge >= 0.3 is 0 Å². The zero-order valence-electron chi connectivity index (χ0n) is 10.4. The molecule has 1 aromatic carbocycles. The molecule has 0 aliphatic rings. The zero-order chi connectivity index (χ0) is 13.0. The van der Waals surface area contributed by atoms with Crippen LogP contribution < -0.4 is 10.1 Å². The Morgan fingerprint density at radius 3 is 2.94 bits per heavy atom. The second-order valence-electron chi connectivity index (χ2n) is 4.07. The third-order valence-corrected chi connectivity index (χ3v) is 2.83. The van der Waals surface area contributed by atoms with E-state index in [1.165, 1.54) is 13.2 Å². The molecule has 18 heavy (non-hydrogen) atoms. The van der Waals surface area contributed by atoms with Crippen molar-refractivity contribution in [2.75, 3.05) is 7.11 Å². The fraction of sp³-hybridized carbons (Fsp3) is 0.308. The summed E-state index contributed by atoms with van der Waals surface area (Å²) < 4.78 is 18.4. The molecule has 0 radical (unpaired) electrons. The number of H-pyrrole nitrogens is 1. The average Bonchev–Trinajstić information content (AvgIpc) is 2.89. The van der Waals surface area contributed by atoms with Crippen LogP contribution in [0.15, 0.2) is 30.7 Å². The first-order valence-corrected chi connectivity index (χ1v) is 5.74. The topological polar surface area (TPSA) is 49.9 Å². The van der Waals surface area contributed by atoms with E-state index in [2.05, 4.69) is 15.3 Å². The summed E-state index contributed by atoms with van der Waals surface area (Å²) in [6.07, 6.45) is 3.39. The number of benzene rings is 1. The molecule has 1 heterocycles. The van der Waals surface area contributed by atoms with Crippen LogP contribution in [0.5, 0.6) is 5.75 Å². The molecule has 96 valence electrons. The van der Waals surface area contributed by atoms with Crippen LogP contribution in [0.2, 0.25) is 0 Å². The van der Waals surface area contributed by atoms with Gasteiger partial charge in [0.15, 0.2) is 11.6 Å². The Kier molecular flexibility index (Phi) is 3.94. The molecule has 0 aliphatic heterocycles. The summed E-state index contributed by atoms with van der Waals surface area (Å²) in [7, 11) is 1.46. The predicted molar refractivity (Wildman–Crippen MR) is 66.8 cm³/mol. The van der Waals surface area contributed by atoms with Crippen LogP contribution >= 0.6 is 0 Å². The van der Waals surface area contributed by atoms with Crippen molar-refractivity contribution in [3.05, 3.63) is 47.8 Å². The number of nitrogens with one attached hydrogen (secondary N) is 2. The summed E-state index contributed by atoms with van der Waals surface area (Å²) in [5.74, 6) is -0.0790. The van der Waals surface area contributed by atoms with Crippen LogP contribution in [0.4, 0.5) is 4.39 Å². The van der Waals surface area contributed by atoms with Crippen molar-refractivity contribution < 1.29 is 9.13 Å². The Morgan fingerprint density at radius 1 is 1.50 bits per heavy atom. The molecule has 0 aliphatic carbocycles. The highest BCUT2D eigenvalue weighted by Crippen LogP contribution is 2.21. The molecule has 0 saturated heterocycles. The fourth-order valence-electron chi connectivity index (χ4n) is 1.71. The molecule has 0 fully saturated rings. The van der Waals surface area contributed by atoms with Crippen LogP contribution in [-0.2, 0) is 6.54 Å². The Morgan fingerprint density at radius 2 is 2.33 bits per heavy atom. The summed E-state index contributed by atoms with van der Waals surface area (Å²) in [5, 5.41) is 3.29. The minimum Gasteiger partial charge on any atom is -0.494 e. The standard InChI is InChI=1S/C13H16FN3O/c1-9(16-7-11-6-15-8-17-11)10-3-4-13(18-2)12(14)5-10/h3-6,8-9,16H,7H2,1-2H3,(H,15,17). The second kappa shape index (κ2) is 5.64. The number of methoxy groups -OCH3 is 1. The zero-order valence-corrected chi connectivity index (χ0v) is 10.4. The van der Waals surface area contributed by atoms with Gasteiger partial charge < -0.3 is 15.0 Å². The van der Waals surface area contributed by atoms with Crippen molar-refractivity contribution in [3.8, 4) is 5.75 Å². The highest BCUT2D eigenvalue weighted by molar-refractivity contribution is 5.30. The van der Waals surface area contributed by atoms with Gasteiger partial charge in [-0.3, -0.25) is 0 Å². The van der Waals surface area contributed by atoms with E-state index in [4.69, 9.17) is 4.74 Å². The summed E-state index contributed by atoms with van der Waals surface area (Å²) in [6, 6.07) is 5.03. The van der Waals surface area contributed by atoms with Crippen molar-refractivity contribution in [1.82, 2.24) is 15.3 Å². The van der Waals surface area contributed by atoms with Gasteiger partial charge in [-0.15, -0.1) is 0 Å². The van der Waals surface area contributed by atoms with E-state index in [1.807, 2.05) is 13.0 Å². The number of ether oxygens (including phenoxy) is 1. The molecular weight excluding hydrogens is 233 g/mol.